The molecule has 184 valence electrons. The van der Waals surface area contributed by atoms with E-state index in [0.717, 1.165) is 54.1 Å². The molecule has 2 bridgehead atoms. The Morgan fingerprint density at radius 1 is 1.11 bits per heavy atom. The molecule has 0 amide bonds. The zero-order valence-corrected chi connectivity index (χ0v) is 19.7. The van der Waals surface area contributed by atoms with Crippen LogP contribution >= 0.6 is 0 Å². The van der Waals surface area contributed by atoms with Crippen molar-refractivity contribution in [1.29, 1.82) is 0 Å². The summed E-state index contributed by atoms with van der Waals surface area (Å²) in [5.74, 6) is 0.882. The first kappa shape index (κ1) is 22.4. The van der Waals surface area contributed by atoms with Gasteiger partial charge < -0.3 is 25.2 Å². The molecule has 0 saturated carbocycles. The van der Waals surface area contributed by atoms with Gasteiger partial charge in [0, 0.05) is 54.6 Å². The number of aryl methyl sites for hydroxylation is 1. The van der Waals surface area contributed by atoms with E-state index in [9.17, 15) is 4.79 Å². The van der Waals surface area contributed by atoms with Crippen molar-refractivity contribution in [3.05, 3.63) is 66.2 Å². The average molecular weight is 487 g/mol. The van der Waals surface area contributed by atoms with E-state index in [-0.39, 0.29) is 11.7 Å². The second kappa shape index (κ2) is 9.21. The van der Waals surface area contributed by atoms with E-state index in [4.69, 9.17) is 14.6 Å². The Morgan fingerprint density at radius 3 is 2.69 bits per heavy atom. The molecule has 10 heteroatoms. The monoisotopic (exact) mass is 486 g/mol. The van der Waals surface area contributed by atoms with Gasteiger partial charge in [-0.05, 0) is 42.8 Å². The molecular weight excluding hydrogens is 460 g/mol. The third kappa shape index (κ3) is 4.60. The number of nitrogens with one attached hydrogen (secondary N) is 2. The maximum atomic E-state index is 11.0. The van der Waals surface area contributed by atoms with Crippen molar-refractivity contribution in [3.8, 4) is 16.9 Å². The molecular formula is C26H26N6O4. The number of fused-ring (bicyclic) bond motifs is 3. The molecule has 6 rings (SSSR count). The standard InChI is InChI=1S/C26H26N6O4/c1-15-6-22(23(12-27-15)36-21-8-18-13-35-14-19(9-21)29-18)16-4-5-32-20(7-16)10-25(31-32)30-24-3-2-17(11-28-24)26(33)34/h2-7,10-12,18-19,21,29H,8-9,13-14H2,1H3,(H,33,34)(H,28,30,31). The Balaban J connectivity index is 1.25. The Bertz CT molecular complexity index is 1410. The summed E-state index contributed by atoms with van der Waals surface area (Å²) < 4.78 is 14.0. The van der Waals surface area contributed by atoms with Gasteiger partial charge in [0.05, 0.1) is 30.5 Å². The molecule has 2 fully saturated rings. The summed E-state index contributed by atoms with van der Waals surface area (Å²) in [6, 6.07) is 11.8. The SMILES string of the molecule is Cc1cc(-c2ccn3nc(Nc4ccc(C(=O)O)cn4)cc3c2)c(OC2CC3COCC(C2)N3)cn1. The molecule has 2 aliphatic heterocycles. The number of aromatic nitrogens is 4. The van der Waals surface area contributed by atoms with E-state index in [1.165, 1.54) is 12.3 Å². The van der Waals surface area contributed by atoms with Crippen LogP contribution in [0.15, 0.2) is 55.0 Å². The van der Waals surface area contributed by atoms with Crippen LogP contribution in [0.5, 0.6) is 5.75 Å². The van der Waals surface area contributed by atoms with E-state index in [2.05, 4.69) is 37.8 Å². The lowest BCUT2D eigenvalue weighted by molar-refractivity contribution is -0.0122. The first-order chi connectivity index (χ1) is 17.5. The molecule has 2 saturated heterocycles. The molecule has 2 aliphatic rings. The van der Waals surface area contributed by atoms with Gasteiger partial charge in [-0.1, -0.05) is 0 Å². The molecule has 2 unspecified atom stereocenters. The molecule has 0 aliphatic carbocycles. The molecule has 4 aromatic heterocycles. The zero-order chi connectivity index (χ0) is 24.6. The van der Waals surface area contributed by atoms with Crippen molar-refractivity contribution in [3.63, 3.8) is 0 Å². The highest BCUT2D eigenvalue weighted by atomic mass is 16.5. The predicted molar refractivity (Wildman–Crippen MR) is 133 cm³/mol. The average Bonchev–Trinajstić information content (AvgIpc) is 3.27. The summed E-state index contributed by atoms with van der Waals surface area (Å²) in [6.45, 7) is 3.42. The molecule has 36 heavy (non-hydrogen) atoms. The molecule has 3 N–H and O–H groups in total. The highest BCUT2D eigenvalue weighted by molar-refractivity contribution is 5.87. The van der Waals surface area contributed by atoms with Crippen LogP contribution in [0.3, 0.4) is 0 Å². The molecule has 2 atom stereocenters. The zero-order valence-electron chi connectivity index (χ0n) is 19.7. The van der Waals surface area contributed by atoms with Gasteiger partial charge in [0.1, 0.15) is 17.7 Å². The van der Waals surface area contributed by atoms with Gasteiger partial charge in [-0.2, -0.15) is 5.10 Å². The third-order valence-electron chi connectivity index (χ3n) is 6.54. The topological polar surface area (TPSA) is 123 Å². The number of pyridine rings is 3. The number of carboxylic acids is 1. The lowest BCUT2D eigenvalue weighted by Crippen LogP contribution is -2.56. The van der Waals surface area contributed by atoms with Crippen LogP contribution in [0.4, 0.5) is 11.6 Å². The van der Waals surface area contributed by atoms with E-state index in [1.54, 1.807) is 10.6 Å². The van der Waals surface area contributed by atoms with Gasteiger partial charge in [-0.15, -0.1) is 0 Å². The van der Waals surface area contributed by atoms with Crippen molar-refractivity contribution in [2.24, 2.45) is 0 Å². The fourth-order valence-electron chi connectivity index (χ4n) is 4.88. The molecule has 0 radical (unpaired) electrons. The number of ether oxygens (including phenoxy) is 2. The predicted octanol–water partition coefficient (Wildman–Crippen LogP) is 3.44. The van der Waals surface area contributed by atoms with Crippen LogP contribution in [0.1, 0.15) is 28.9 Å². The number of rotatable bonds is 6. The van der Waals surface area contributed by atoms with Crippen molar-refractivity contribution in [1.82, 2.24) is 24.9 Å². The number of carboxylic acid groups (broad SMARTS) is 1. The number of nitrogens with zero attached hydrogens (tertiary/aromatic N) is 4. The first-order valence-corrected chi connectivity index (χ1v) is 11.9. The lowest BCUT2D eigenvalue weighted by Gasteiger charge is -2.40. The molecule has 4 aromatic rings. The summed E-state index contributed by atoms with van der Waals surface area (Å²) in [5, 5.41) is 20.3. The lowest BCUT2D eigenvalue weighted by atomic mass is 9.94. The second-order valence-corrected chi connectivity index (χ2v) is 9.31. The van der Waals surface area contributed by atoms with Crippen molar-refractivity contribution in [2.45, 2.75) is 38.0 Å². The van der Waals surface area contributed by atoms with E-state index < -0.39 is 5.97 Å². The fourth-order valence-corrected chi connectivity index (χ4v) is 4.88. The minimum Gasteiger partial charge on any atom is -0.488 e. The van der Waals surface area contributed by atoms with Gasteiger partial charge in [0.2, 0.25) is 0 Å². The molecule has 10 nitrogen and oxygen atoms in total. The van der Waals surface area contributed by atoms with Crippen molar-refractivity contribution < 1.29 is 19.4 Å². The third-order valence-corrected chi connectivity index (χ3v) is 6.54. The summed E-state index contributed by atoms with van der Waals surface area (Å²) in [5.41, 5.74) is 3.94. The van der Waals surface area contributed by atoms with Crippen molar-refractivity contribution >= 4 is 23.1 Å². The normalized spacial score (nSPS) is 21.3. The van der Waals surface area contributed by atoms with Gasteiger partial charge in [-0.3, -0.25) is 4.98 Å². The summed E-state index contributed by atoms with van der Waals surface area (Å²) in [6.07, 6.45) is 6.96. The largest absolute Gasteiger partial charge is 0.488 e. The van der Waals surface area contributed by atoms with Gasteiger partial charge >= 0.3 is 5.97 Å². The minimum atomic E-state index is -1.01. The molecule has 6 heterocycles. The van der Waals surface area contributed by atoms with Crippen LogP contribution in [-0.2, 0) is 4.74 Å². The van der Waals surface area contributed by atoms with Crippen LogP contribution in [0, 0.1) is 6.92 Å². The van der Waals surface area contributed by atoms with Gasteiger partial charge in [0.15, 0.2) is 5.82 Å². The van der Waals surface area contributed by atoms with Gasteiger partial charge in [0.25, 0.3) is 0 Å². The Labute approximate surface area is 207 Å². The number of morpholine rings is 1. The maximum absolute atomic E-state index is 11.0. The number of hydrogen-bond acceptors (Lipinski definition) is 8. The number of anilines is 2. The van der Waals surface area contributed by atoms with E-state index in [1.807, 2.05) is 31.5 Å². The summed E-state index contributed by atoms with van der Waals surface area (Å²) >= 11 is 0. The van der Waals surface area contributed by atoms with Crippen molar-refractivity contribution in [2.75, 3.05) is 18.5 Å². The summed E-state index contributed by atoms with van der Waals surface area (Å²) in [7, 11) is 0. The van der Waals surface area contributed by atoms with Gasteiger partial charge in [-0.25, -0.2) is 14.3 Å². The number of carbonyl (C=O) groups is 1. The van der Waals surface area contributed by atoms with Crippen LogP contribution in [-0.4, -0.2) is 62.1 Å². The Kier molecular flexibility index (Phi) is 5.74. The second-order valence-electron chi connectivity index (χ2n) is 9.31. The van der Waals surface area contributed by atoms with Crippen LogP contribution in [0.25, 0.3) is 16.6 Å². The smallest absolute Gasteiger partial charge is 0.337 e. The number of piperidine rings is 1. The van der Waals surface area contributed by atoms with Crippen LogP contribution in [0.2, 0.25) is 0 Å². The maximum Gasteiger partial charge on any atom is 0.337 e. The van der Waals surface area contributed by atoms with Crippen LogP contribution < -0.4 is 15.4 Å². The highest BCUT2D eigenvalue weighted by Gasteiger charge is 2.33. The van der Waals surface area contributed by atoms with E-state index >= 15 is 0 Å². The Morgan fingerprint density at radius 2 is 1.94 bits per heavy atom. The minimum absolute atomic E-state index is 0.114. The molecule has 0 spiro atoms. The number of aromatic carboxylic acids is 1. The quantitative estimate of drug-likeness (QED) is 0.376. The fraction of sp³-hybridized carbons (Fsp3) is 0.308. The number of hydrogen-bond donors (Lipinski definition) is 3. The molecule has 0 aromatic carbocycles. The first-order valence-electron chi connectivity index (χ1n) is 11.9. The highest BCUT2D eigenvalue weighted by Crippen LogP contribution is 2.34. The Hall–Kier alpha value is -4.02. The van der Waals surface area contributed by atoms with E-state index in [0.29, 0.717) is 23.7 Å². The summed E-state index contributed by atoms with van der Waals surface area (Å²) in [4.78, 5) is 19.7.